The number of aliphatic hydroxyl groups is 1. The number of carbonyl (C=O) groups excluding carboxylic acids is 1. The summed E-state index contributed by atoms with van der Waals surface area (Å²) in [7, 11) is 0. The molecule has 3 N–H and O–H groups in total. The highest BCUT2D eigenvalue weighted by Crippen LogP contribution is 2.18. The summed E-state index contributed by atoms with van der Waals surface area (Å²) >= 11 is 0. The molecule has 0 radical (unpaired) electrons. The van der Waals surface area contributed by atoms with Crippen LogP contribution in [0, 0.1) is 5.92 Å². The number of rotatable bonds is 12. The van der Waals surface area contributed by atoms with Gasteiger partial charge in [-0.05, 0) is 31.2 Å². The standard InChI is InChI=1S/C19H29NO2/c1-2-3-4-5-6-7-11-14-17(19(20)22)18(21)15-16-12-9-8-10-13-16/h2,8-10,12-13,17-18,21H,1,3-7,11,14-15H2,(H2,20,22). The van der Waals surface area contributed by atoms with E-state index in [1.807, 2.05) is 36.4 Å². The van der Waals surface area contributed by atoms with E-state index in [4.69, 9.17) is 5.73 Å². The summed E-state index contributed by atoms with van der Waals surface area (Å²) < 4.78 is 0. The molecular weight excluding hydrogens is 274 g/mol. The van der Waals surface area contributed by atoms with Crippen LogP contribution in [-0.4, -0.2) is 17.1 Å². The lowest BCUT2D eigenvalue weighted by Crippen LogP contribution is -2.34. The van der Waals surface area contributed by atoms with Crippen LogP contribution in [0.5, 0.6) is 0 Å². The number of hydrogen-bond donors (Lipinski definition) is 2. The number of allylic oxidation sites excluding steroid dienone is 1. The number of benzene rings is 1. The number of primary amides is 1. The SMILES string of the molecule is C=CCCCCCCCC(C(N)=O)C(O)Cc1ccccc1. The van der Waals surface area contributed by atoms with Gasteiger partial charge in [0.15, 0.2) is 0 Å². The van der Waals surface area contributed by atoms with Crippen molar-refractivity contribution < 1.29 is 9.90 Å². The molecule has 1 rings (SSSR count). The topological polar surface area (TPSA) is 63.3 Å². The Morgan fingerprint density at radius 1 is 1.14 bits per heavy atom. The zero-order valence-corrected chi connectivity index (χ0v) is 13.4. The first-order chi connectivity index (χ1) is 10.6. The number of carbonyl (C=O) groups is 1. The molecule has 1 aromatic carbocycles. The Kier molecular flexibility index (Phi) is 9.24. The molecule has 1 aromatic rings. The molecule has 3 nitrogen and oxygen atoms in total. The molecule has 0 heterocycles. The molecule has 0 spiro atoms. The Labute approximate surface area is 134 Å². The Morgan fingerprint density at radius 2 is 1.77 bits per heavy atom. The van der Waals surface area contributed by atoms with Gasteiger partial charge in [0.05, 0.1) is 12.0 Å². The molecule has 2 unspecified atom stereocenters. The van der Waals surface area contributed by atoms with E-state index in [1.165, 1.54) is 12.8 Å². The van der Waals surface area contributed by atoms with Gasteiger partial charge in [-0.25, -0.2) is 0 Å². The van der Waals surface area contributed by atoms with E-state index in [-0.39, 0.29) is 0 Å². The third kappa shape index (κ3) is 7.41. The first kappa shape index (κ1) is 18.4. The third-order valence-corrected chi connectivity index (χ3v) is 4.04. The Bertz CT molecular complexity index is 430. The maximum Gasteiger partial charge on any atom is 0.223 e. The highest BCUT2D eigenvalue weighted by atomic mass is 16.3. The van der Waals surface area contributed by atoms with Crippen molar-refractivity contribution in [3.63, 3.8) is 0 Å². The number of amides is 1. The van der Waals surface area contributed by atoms with Crippen LogP contribution in [0.3, 0.4) is 0 Å². The van der Waals surface area contributed by atoms with Gasteiger partial charge >= 0.3 is 0 Å². The molecule has 0 aliphatic carbocycles. The molecule has 2 atom stereocenters. The second-order valence-corrected chi connectivity index (χ2v) is 5.90. The molecule has 0 aliphatic heterocycles. The van der Waals surface area contributed by atoms with E-state index in [9.17, 15) is 9.90 Å². The fourth-order valence-electron chi connectivity index (χ4n) is 2.71. The second-order valence-electron chi connectivity index (χ2n) is 5.90. The number of unbranched alkanes of at least 4 members (excludes halogenated alkanes) is 5. The summed E-state index contributed by atoms with van der Waals surface area (Å²) in [5.41, 5.74) is 6.49. The van der Waals surface area contributed by atoms with E-state index >= 15 is 0 Å². The Morgan fingerprint density at radius 3 is 2.41 bits per heavy atom. The Balaban J connectivity index is 2.32. The van der Waals surface area contributed by atoms with Crippen LogP contribution in [0.2, 0.25) is 0 Å². The van der Waals surface area contributed by atoms with Gasteiger partial charge in [-0.1, -0.05) is 62.1 Å². The molecule has 3 heteroatoms. The van der Waals surface area contributed by atoms with Gasteiger partial charge in [0, 0.05) is 0 Å². The third-order valence-electron chi connectivity index (χ3n) is 4.04. The van der Waals surface area contributed by atoms with Gasteiger partial charge < -0.3 is 10.8 Å². The minimum atomic E-state index is -0.694. The van der Waals surface area contributed by atoms with Crippen LogP contribution in [-0.2, 0) is 11.2 Å². The van der Waals surface area contributed by atoms with Gasteiger partial charge in [0.2, 0.25) is 5.91 Å². The van der Waals surface area contributed by atoms with Crippen molar-refractivity contribution in [1.82, 2.24) is 0 Å². The van der Waals surface area contributed by atoms with Crippen molar-refractivity contribution in [2.75, 3.05) is 0 Å². The van der Waals surface area contributed by atoms with Crippen molar-refractivity contribution >= 4 is 5.91 Å². The van der Waals surface area contributed by atoms with E-state index in [0.717, 1.165) is 31.2 Å². The smallest absolute Gasteiger partial charge is 0.223 e. The lowest BCUT2D eigenvalue weighted by atomic mass is 9.90. The van der Waals surface area contributed by atoms with E-state index in [2.05, 4.69) is 6.58 Å². The average molecular weight is 303 g/mol. The van der Waals surface area contributed by atoms with Gasteiger partial charge in [0.1, 0.15) is 0 Å². The molecule has 0 bridgehead atoms. The first-order valence-electron chi connectivity index (χ1n) is 8.27. The molecule has 1 amide bonds. The van der Waals surface area contributed by atoms with E-state index < -0.39 is 17.9 Å². The molecule has 0 aliphatic rings. The molecule has 0 saturated heterocycles. The lowest BCUT2D eigenvalue weighted by Gasteiger charge is -2.20. The largest absolute Gasteiger partial charge is 0.392 e. The average Bonchev–Trinajstić information content (AvgIpc) is 2.50. The molecule has 0 aromatic heterocycles. The lowest BCUT2D eigenvalue weighted by molar-refractivity contribution is -0.125. The van der Waals surface area contributed by atoms with E-state index in [0.29, 0.717) is 12.8 Å². The van der Waals surface area contributed by atoms with Crippen LogP contribution in [0.4, 0.5) is 0 Å². The maximum absolute atomic E-state index is 11.6. The monoisotopic (exact) mass is 303 g/mol. The minimum Gasteiger partial charge on any atom is -0.392 e. The van der Waals surface area contributed by atoms with Crippen LogP contribution in [0.1, 0.15) is 50.5 Å². The zero-order valence-electron chi connectivity index (χ0n) is 13.4. The van der Waals surface area contributed by atoms with Gasteiger partial charge in [0.25, 0.3) is 0 Å². The van der Waals surface area contributed by atoms with Gasteiger partial charge in [-0.15, -0.1) is 6.58 Å². The number of nitrogens with two attached hydrogens (primary N) is 1. The Hall–Kier alpha value is -1.61. The number of hydrogen-bond acceptors (Lipinski definition) is 2. The summed E-state index contributed by atoms with van der Waals surface area (Å²) in [6.07, 6.45) is 9.03. The predicted octanol–water partition coefficient (Wildman–Crippen LogP) is 3.61. The fourth-order valence-corrected chi connectivity index (χ4v) is 2.71. The quantitative estimate of drug-likeness (QED) is 0.457. The van der Waals surface area contributed by atoms with Crippen molar-refractivity contribution in [1.29, 1.82) is 0 Å². The zero-order chi connectivity index (χ0) is 16.2. The predicted molar refractivity (Wildman–Crippen MR) is 91.4 cm³/mol. The van der Waals surface area contributed by atoms with Crippen LogP contribution >= 0.6 is 0 Å². The van der Waals surface area contributed by atoms with Crippen LogP contribution in [0.25, 0.3) is 0 Å². The van der Waals surface area contributed by atoms with Crippen molar-refractivity contribution in [3.05, 3.63) is 48.6 Å². The van der Waals surface area contributed by atoms with Crippen molar-refractivity contribution in [3.8, 4) is 0 Å². The summed E-state index contributed by atoms with van der Waals surface area (Å²) in [4.78, 5) is 11.6. The maximum atomic E-state index is 11.6. The summed E-state index contributed by atoms with van der Waals surface area (Å²) in [6, 6.07) is 9.73. The second kappa shape index (κ2) is 11.0. The van der Waals surface area contributed by atoms with Gasteiger partial charge in [-0.3, -0.25) is 4.79 Å². The molecule has 22 heavy (non-hydrogen) atoms. The molecular formula is C19H29NO2. The molecule has 122 valence electrons. The number of aliphatic hydroxyl groups excluding tert-OH is 1. The first-order valence-corrected chi connectivity index (χ1v) is 8.27. The summed E-state index contributed by atoms with van der Waals surface area (Å²) in [5, 5.41) is 10.3. The molecule has 0 saturated carbocycles. The van der Waals surface area contributed by atoms with Crippen molar-refractivity contribution in [2.45, 2.75) is 57.5 Å². The minimum absolute atomic E-state index is 0.393. The van der Waals surface area contributed by atoms with E-state index in [1.54, 1.807) is 0 Å². The van der Waals surface area contributed by atoms with Gasteiger partial charge in [-0.2, -0.15) is 0 Å². The summed E-state index contributed by atoms with van der Waals surface area (Å²) in [5.74, 6) is -0.844. The van der Waals surface area contributed by atoms with Crippen LogP contribution < -0.4 is 5.73 Å². The highest BCUT2D eigenvalue weighted by molar-refractivity contribution is 5.77. The van der Waals surface area contributed by atoms with Crippen molar-refractivity contribution in [2.24, 2.45) is 11.7 Å². The fraction of sp³-hybridized carbons (Fsp3) is 0.526. The summed E-state index contributed by atoms with van der Waals surface area (Å²) in [6.45, 7) is 3.71. The highest BCUT2D eigenvalue weighted by Gasteiger charge is 2.24. The van der Waals surface area contributed by atoms with Crippen LogP contribution in [0.15, 0.2) is 43.0 Å². The molecule has 0 fully saturated rings. The normalized spacial score (nSPS) is 13.5.